The van der Waals surface area contributed by atoms with E-state index in [-0.39, 0.29) is 11.4 Å². The number of ether oxygens (including phenoxy) is 1. The average molecular weight is 315 g/mol. The molecule has 2 aromatic heterocycles. The Morgan fingerprint density at radius 2 is 2.23 bits per heavy atom. The number of carbonyl (C=O) groups is 1. The normalized spacial score (nSPS) is 12.7. The maximum absolute atomic E-state index is 12.2. The molecule has 7 nitrogen and oxygen atoms in total. The Morgan fingerprint density at radius 3 is 2.86 bits per heavy atom. The second-order valence-corrected chi connectivity index (χ2v) is 4.33. The van der Waals surface area contributed by atoms with Crippen molar-refractivity contribution < 1.29 is 22.7 Å². The number of aromatic nitrogens is 4. The Hall–Kier alpha value is -2.65. The van der Waals surface area contributed by atoms with Gasteiger partial charge in [-0.1, -0.05) is 0 Å². The fourth-order valence-electron chi connectivity index (χ4n) is 1.60. The molecule has 2 N–H and O–H groups in total. The number of rotatable bonds is 5. The van der Waals surface area contributed by atoms with Crippen molar-refractivity contribution in [2.45, 2.75) is 19.1 Å². The zero-order valence-corrected chi connectivity index (χ0v) is 11.4. The molecule has 0 fully saturated rings. The molecule has 1 amide bonds. The molecule has 118 valence electrons. The van der Waals surface area contributed by atoms with Crippen LogP contribution in [0.15, 0.2) is 24.7 Å². The summed E-state index contributed by atoms with van der Waals surface area (Å²) in [5.41, 5.74) is -0.0990. The van der Waals surface area contributed by atoms with E-state index >= 15 is 0 Å². The number of amides is 1. The molecule has 0 spiro atoms. The van der Waals surface area contributed by atoms with E-state index in [0.29, 0.717) is 5.82 Å². The van der Waals surface area contributed by atoms with E-state index in [0.717, 1.165) is 0 Å². The molecular formula is C12H12F3N5O2. The summed E-state index contributed by atoms with van der Waals surface area (Å²) < 4.78 is 41.2. The Bertz CT molecular complexity index is 630. The van der Waals surface area contributed by atoms with Crippen molar-refractivity contribution in [3.05, 3.63) is 36.0 Å². The molecular weight excluding hydrogens is 303 g/mol. The minimum atomic E-state index is -4.52. The summed E-state index contributed by atoms with van der Waals surface area (Å²) in [6.45, 7) is 0.118. The van der Waals surface area contributed by atoms with Gasteiger partial charge in [0.1, 0.15) is 17.7 Å². The number of hydrogen-bond acceptors (Lipinski definition) is 5. The summed E-state index contributed by atoms with van der Waals surface area (Å²) in [7, 11) is 0. The third-order valence-electron chi connectivity index (χ3n) is 2.58. The first-order valence-electron chi connectivity index (χ1n) is 6.17. The van der Waals surface area contributed by atoms with E-state index in [4.69, 9.17) is 0 Å². The molecule has 0 unspecified atom stereocenters. The van der Waals surface area contributed by atoms with Gasteiger partial charge in [0.15, 0.2) is 6.61 Å². The minimum absolute atomic E-state index is 0.0990. The largest absolute Gasteiger partial charge is 0.467 e. The Labute approximate surface area is 122 Å². The van der Waals surface area contributed by atoms with Crippen molar-refractivity contribution in [2.75, 3.05) is 6.61 Å². The molecule has 0 saturated heterocycles. The predicted octanol–water partition coefficient (Wildman–Crippen LogP) is 1.63. The molecule has 0 aliphatic rings. The number of pyridine rings is 1. The van der Waals surface area contributed by atoms with Crippen LogP contribution in [0.1, 0.15) is 29.1 Å². The highest BCUT2D eigenvalue weighted by Gasteiger charge is 2.29. The first kappa shape index (κ1) is 15.7. The van der Waals surface area contributed by atoms with Crippen molar-refractivity contribution in [3.63, 3.8) is 0 Å². The highest BCUT2D eigenvalue weighted by molar-refractivity contribution is 5.96. The fraction of sp³-hybridized carbons (Fsp3) is 0.333. The quantitative estimate of drug-likeness (QED) is 0.875. The maximum Gasteiger partial charge on any atom is 0.422 e. The summed E-state index contributed by atoms with van der Waals surface area (Å²) in [6, 6.07) is 2.24. The summed E-state index contributed by atoms with van der Waals surface area (Å²) >= 11 is 0. The van der Waals surface area contributed by atoms with Crippen LogP contribution in [0.3, 0.4) is 0 Å². The van der Waals surface area contributed by atoms with Gasteiger partial charge in [0, 0.05) is 6.20 Å². The Balaban J connectivity index is 2.09. The van der Waals surface area contributed by atoms with E-state index in [2.05, 4.69) is 30.2 Å². The van der Waals surface area contributed by atoms with Gasteiger partial charge in [0.25, 0.3) is 5.91 Å². The monoisotopic (exact) mass is 315 g/mol. The lowest BCUT2D eigenvalue weighted by molar-refractivity contribution is -0.154. The van der Waals surface area contributed by atoms with Gasteiger partial charge in [-0.3, -0.25) is 9.89 Å². The highest BCUT2D eigenvalue weighted by atomic mass is 19.4. The molecule has 0 aromatic carbocycles. The van der Waals surface area contributed by atoms with Crippen LogP contribution in [-0.4, -0.2) is 38.9 Å². The molecule has 22 heavy (non-hydrogen) atoms. The Kier molecular flexibility index (Phi) is 4.59. The van der Waals surface area contributed by atoms with Crippen molar-refractivity contribution in [3.8, 4) is 5.88 Å². The smallest absolute Gasteiger partial charge is 0.422 e. The number of alkyl halides is 3. The summed E-state index contributed by atoms with van der Waals surface area (Å²) in [6.07, 6.45) is -2.00. The van der Waals surface area contributed by atoms with Gasteiger partial charge in [-0.25, -0.2) is 9.97 Å². The lowest BCUT2D eigenvalue weighted by atomic mass is 10.2. The van der Waals surface area contributed by atoms with Crippen LogP contribution >= 0.6 is 0 Å². The minimum Gasteiger partial charge on any atom is -0.467 e. The SMILES string of the molecule is C[C@H](NC(=O)c1cccnc1OCC(F)(F)F)c1ncn[nH]1. The standard InChI is InChI=1S/C12H12F3N5O2/c1-7(9-17-6-18-20-9)19-10(21)8-3-2-4-16-11(8)22-5-12(13,14)15/h2-4,6-7H,5H2,1H3,(H,19,21)(H,17,18,20)/t7-/m0/s1. The number of H-pyrrole nitrogens is 1. The molecule has 0 radical (unpaired) electrons. The van der Waals surface area contributed by atoms with Crippen LogP contribution in [0, 0.1) is 0 Å². The van der Waals surface area contributed by atoms with Crippen molar-refractivity contribution in [1.82, 2.24) is 25.5 Å². The summed E-state index contributed by atoms with van der Waals surface area (Å²) in [5, 5.41) is 8.79. The zero-order chi connectivity index (χ0) is 16.2. The van der Waals surface area contributed by atoms with Gasteiger partial charge >= 0.3 is 6.18 Å². The second kappa shape index (κ2) is 6.41. The van der Waals surface area contributed by atoms with Crippen LogP contribution in [-0.2, 0) is 0 Å². The molecule has 0 aliphatic heterocycles. The molecule has 10 heteroatoms. The number of nitrogens with zero attached hydrogens (tertiary/aromatic N) is 3. The molecule has 2 heterocycles. The van der Waals surface area contributed by atoms with E-state index in [1.807, 2.05) is 0 Å². The van der Waals surface area contributed by atoms with Crippen LogP contribution in [0.2, 0.25) is 0 Å². The third-order valence-corrected chi connectivity index (χ3v) is 2.58. The van der Waals surface area contributed by atoms with Gasteiger partial charge in [0.2, 0.25) is 5.88 Å². The van der Waals surface area contributed by atoms with E-state index in [1.165, 1.54) is 24.7 Å². The third kappa shape index (κ3) is 4.17. The van der Waals surface area contributed by atoms with Gasteiger partial charge in [0.05, 0.1) is 6.04 Å². The number of halogens is 3. The molecule has 1 atom stereocenters. The van der Waals surface area contributed by atoms with E-state index in [9.17, 15) is 18.0 Å². The zero-order valence-electron chi connectivity index (χ0n) is 11.4. The van der Waals surface area contributed by atoms with Crippen LogP contribution in [0.5, 0.6) is 5.88 Å². The molecule has 2 aromatic rings. The van der Waals surface area contributed by atoms with Gasteiger partial charge in [-0.05, 0) is 19.1 Å². The molecule has 0 bridgehead atoms. The van der Waals surface area contributed by atoms with Gasteiger partial charge in [-0.15, -0.1) is 0 Å². The molecule has 0 aliphatic carbocycles. The number of carbonyl (C=O) groups excluding carboxylic acids is 1. The van der Waals surface area contributed by atoms with Gasteiger partial charge < -0.3 is 10.1 Å². The number of nitrogens with one attached hydrogen (secondary N) is 2. The van der Waals surface area contributed by atoms with Crippen molar-refractivity contribution >= 4 is 5.91 Å². The maximum atomic E-state index is 12.2. The summed E-state index contributed by atoms with van der Waals surface area (Å²) in [4.78, 5) is 19.7. The van der Waals surface area contributed by atoms with Crippen LogP contribution < -0.4 is 10.1 Å². The molecule has 0 saturated carbocycles. The van der Waals surface area contributed by atoms with Crippen LogP contribution in [0.25, 0.3) is 0 Å². The number of aromatic amines is 1. The van der Waals surface area contributed by atoms with Crippen LogP contribution in [0.4, 0.5) is 13.2 Å². The van der Waals surface area contributed by atoms with E-state index < -0.39 is 24.7 Å². The lowest BCUT2D eigenvalue weighted by Gasteiger charge is -2.14. The second-order valence-electron chi connectivity index (χ2n) is 4.33. The highest BCUT2D eigenvalue weighted by Crippen LogP contribution is 2.20. The predicted molar refractivity (Wildman–Crippen MR) is 68.1 cm³/mol. The fourth-order valence-corrected chi connectivity index (χ4v) is 1.60. The van der Waals surface area contributed by atoms with Gasteiger partial charge in [-0.2, -0.15) is 18.3 Å². The average Bonchev–Trinajstić information content (AvgIpc) is 2.99. The first-order chi connectivity index (χ1) is 10.4. The van der Waals surface area contributed by atoms with E-state index in [1.54, 1.807) is 6.92 Å². The molecule has 2 rings (SSSR count). The lowest BCUT2D eigenvalue weighted by Crippen LogP contribution is -2.28. The summed E-state index contributed by atoms with van der Waals surface area (Å²) in [5.74, 6) is -0.605. The Morgan fingerprint density at radius 1 is 1.45 bits per heavy atom. The first-order valence-corrected chi connectivity index (χ1v) is 6.17. The van der Waals surface area contributed by atoms with Crippen molar-refractivity contribution in [1.29, 1.82) is 0 Å². The topological polar surface area (TPSA) is 92.8 Å². The number of hydrogen-bond donors (Lipinski definition) is 2. The van der Waals surface area contributed by atoms with Crippen molar-refractivity contribution in [2.24, 2.45) is 0 Å².